The lowest BCUT2D eigenvalue weighted by molar-refractivity contribution is -0.113. The summed E-state index contributed by atoms with van der Waals surface area (Å²) in [6.45, 7) is 4.20. The van der Waals surface area contributed by atoms with Gasteiger partial charge >= 0.3 is 0 Å². The fourth-order valence-corrected chi connectivity index (χ4v) is 4.11. The summed E-state index contributed by atoms with van der Waals surface area (Å²) in [6, 6.07) is 15.6. The van der Waals surface area contributed by atoms with Gasteiger partial charge in [0, 0.05) is 11.3 Å². The molecule has 0 atom stereocenters. The Morgan fingerprint density at radius 3 is 2.72 bits per heavy atom. The van der Waals surface area contributed by atoms with E-state index in [0.717, 1.165) is 28.3 Å². The second-order valence-corrected chi connectivity index (χ2v) is 8.17. The highest BCUT2D eigenvalue weighted by atomic mass is 32.2. The topological polar surface area (TPSA) is 115 Å². The van der Waals surface area contributed by atoms with Crippen molar-refractivity contribution in [2.24, 2.45) is 0 Å². The van der Waals surface area contributed by atoms with Crippen LogP contribution < -0.4 is 11.2 Å². The molecule has 0 spiro atoms. The number of furan rings is 1. The van der Waals surface area contributed by atoms with Gasteiger partial charge in [-0.15, -0.1) is 0 Å². The third-order valence-electron chi connectivity index (χ3n) is 5.19. The van der Waals surface area contributed by atoms with Gasteiger partial charge in [-0.1, -0.05) is 42.1 Å². The fraction of sp³-hybridized carbons (Fsp3) is 0.174. The van der Waals surface area contributed by atoms with Gasteiger partial charge in [-0.25, -0.2) is 9.66 Å². The van der Waals surface area contributed by atoms with Crippen LogP contribution in [0.3, 0.4) is 0 Å². The van der Waals surface area contributed by atoms with Gasteiger partial charge in [0.15, 0.2) is 5.16 Å². The Morgan fingerprint density at radius 1 is 1.25 bits per heavy atom. The number of nitrogen functional groups attached to an aromatic ring is 1. The Hall–Kier alpha value is -3.90. The second-order valence-electron chi connectivity index (χ2n) is 7.23. The number of anilines is 1. The monoisotopic (exact) mass is 446 g/mol. The Balaban J connectivity index is 1.50. The number of amides is 1. The van der Waals surface area contributed by atoms with Crippen molar-refractivity contribution in [1.82, 2.24) is 14.2 Å². The minimum absolute atomic E-state index is 0.0946. The number of hydrogen-bond donors (Lipinski definition) is 2. The molecule has 0 radical (unpaired) electrons. The normalized spacial score (nSPS) is 10.8. The number of nitrogens with one attached hydrogen (secondary N) is 1. The lowest BCUT2D eigenvalue weighted by atomic mass is 10.2. The summed E-state index contributed by atoms with van der Waals surface area (Å²) in [4.78, 5) is 17.3. The van der Waals surface area contributed by atoms with Crippen molar-refractivity contribution in [2.45, 2.75) is 25.5 Å². The SMILES string of the molecule is Cc1c(C#N)c(NC(=O)CSc2nc(-c3ccccc3)cn2N)n(Cc2ccco2)c1C. The average molecular weight is 447 g/mol. The Bertz CT molecular complexity index is 1280. The number of rotatable bonds is 7. The lowest BCUT2D eigenvalue weighted by Crippen LogP contribution is -2.19. The Morgan fingerprint density at radius 2 is 2.03 bits per heavy atom. The first-order chi connectivity index (χ1) is 15.5. The molecule has 32 heavy (non-hydrogen) atoms. The standard InChI is InChI=1S/C23H22N6O2S/c1-15-16(2)28(12-18-9-6-10-31-18)22(19(15)11-24)27-21(30)14-32-23-26-20(13-29(23)25)17-7-4-3-5-8-17/h3-10,13H,12,14,25H2,1-2H3,(H,27,30). The van der Waals surface area contributed by atoms with E-state index in [9.17, 15) is 10.1 Å². The van der Waals surface area contributed by atoms with Crippen molar-refractivity contribution >= 4 is 23.5 Å². The van der Waals surface area contributed by atoms with E-state index in [2.05, 4.69) is 16.4 Å². The van der Waals surface area contributed by atoms with Crippen LogP contribution in [-0.2, 0) is 11.3 Å². The smallest absolute Gasteiger partial charge is 0.235 e. The molecule has 8 nitrogen and oxygen atoms in total. The zero-order valence-corrected chi connectivity index (χ0v) is 18.5. The predicted molar refractivity (Wildman–Crippen MR) is 124 cm³/mol. The number of nitrogens with two attached hydrogens (primary N) is 1. The van der Waals surface area contributed by atoms with E-state index in [1.807, 2.05) is 54.8 Å². The first kappa shape index (κ1) is 21.3. The quantitative estimate of drug-likeness (QED) is 0.328. The molecule has 0 aliphatic rings. The lowest BCUT2D eigenvalue weighted by Gasteiger charge is -2.12. The van der Waals surface area contributed by atoms with Crippen molar-refractivity contribution in [3.63, 3.8) is 0 Å². The highest BCUT2D eigenvalue weighted by molar-refractivity contribution is 7.99. The number of carbonyl (C=O) groups is 1. The fourth-order valence-electron chi connectivity index (χ4n) is 3.42. The van der Waals surface area contributed by atoms with E-state index >= 15 is 0 Å². The first-order valence-corrected chi connectivity index (χ1v) is 10.9. The first-order valence-electron chi connectivity index (χ1n) is 9.92. The molecule has 162 valence electrons. The molecular weight excluding hydrogens is 424 g/mol. The maximum absolute atomic E-state index is 12.8. The Labute approximate surface area is 189 Å². The molecule has 4 aromatic rings. The molecule has 0 aliphatic heterocycles. The summed E-state index contributed by atoms with van der Waals surface area (Å²) in [6.07, 6.45) is 3.32. The average Bonchev–Trinajstić information content (AvgIpc) is 3.49. The van der Waals surface area contributed by atoms with Crippen LogP contribution in [0.2, 0.25) is 0 Å². The van der Waals surface area contributed by atoms with Crippen LogP contribution >= 0.6 is 11.8 Å². The number of carbonyl (C=O) groups excluding carboxylic acids is 1. The summed E-state index contributed by atoms with van der Waals surface area (Å²) in [5.74, 6) is 7.07. The second kappa shape index (κ2) is 9.08. The summed E-state index contributed by atoms with van der Waals surface area (Å²) in [5, 5.41) is 13.1. The van der Waals surface area contributed by atoms with Gasteiger partial charge in [0.2, 0.25) is 5.91 Å². The minimum Gasteiger partial charge on any atom is -0.467 e. The van der Waals surface area contributed by atoms with E-state index in [1.165, 1.54) is 16.4 Å². The van der Waals surface area contributed by atoms with Crippen LogP contribution in [0.4, 0.5) is 5.82 Å². The predicted octanol–water partition coefficient (Wildman–Crippen LogP) is 3.93. The number of aromatic nitrogens is 3. The van der Waals surface area contributed by atoms with E-state index in [-0.39, 0.29) is 11.7 Å². The number of benzene rings is 1. The van der Waals surface area contributed by atoms with Crippen LogP contribution in [-0.4, -0.2) is 25.9 Å². The minimum atomic E-state index is -0.256. The van der Waals surface area contributed by atoms with Gasteiger partial charge in [0.05, 0.1) is 36.0 Å². The third kappa shape index (κ3) is 4.26. The summed E-state index contributed by atoms with van der Waals surface area (Å²) >= 11 is 1.23. The van der Waals surface area contributed by atoms with Crippen molar-refractivity contribution in [2.75, 3.05) is 16.9 Å². The molecule has 3 N–H and O–H groups in total. The molecule has 0 aliphatic carbocycles. The molecule has 0 unspecified atom stereocenters. The number of thioether (sulfide) groups is 1. The van der Waals surface area contributed by atoms with Gasteiger partial charge in [0.1, 0.15) is 17.6 Å². The van der Waals surface area contributed by atoms with Gasteiger partial charge in [-0.05, 0) is 31.5 Å². The van der Waals surface area contributed by atoms with Crippen LogP contribution in [0.15, 0.2) is 64.5 Å². The van der Waals surface area contributed by atoms with Crippen molar-refractivity contribution < 1.29 is 9.21 Å². The van der Waals surface area contributed by atoms with E-state index in [4.69, 9.17) is 10.3 Å². The van der Waals surface area contributed by atoms with E-state index in [1.54, 1.807) is 18.5 Å². The van der Waals surface area contributed by atoms with E-state index < -0.39 is 0 Å². The molecule has 0 saturated heterocycles. The van der Waals surface area contributed by atoms with Crippen LogP contribution in [0.25, 0.3) is 11.3 Å². The van der Waals surface area contributed by atoms with Crippen LogP contribution in [0, 0.1) is 25.2 Å². The summed E-state index contributed by atoms with van der Waals surface area (Å²) < 4.78 is 8.74. The molecule has 3 heterocycles. The molecule has 3 aromatic heterocycles. The Kier molecular flexibility index (Phi) is 6.05. The zero-order chi connectivity index (χ0) is 22.7. The number of imidazole rings is 1. The van der Waals surface area contributed by atoms with Crippen molar-refractivity contribution in [3.05, 3.63) is 77.5 Å². The number of nitrogens with zero attached hydrogens (tertiary/aromatic N) is 4. The molecule has 1 amide bonds. The molecule has 9 heteroatoms. The summed E-state index contributed by atoms with van der Waals surface area (Å²) in [5.41, 5.74) is 3.85. The number of nitriles is 1. The molecule has 0 saturated carbocycles. The van der Waals surface area contributed by atoms with E-state index in [0.29, 0.717) is 23.1 Å². The molecule has 0 fully saturated rings. The number of hydrogen-bond acceptors (Lipinski definition) is 6. The van der Waals surface area contributed by atoms with Crippen molar-refractivity contribution in [1.29, 1.82) is 5.26 Å². The molecular formula is C23H22N6O2S. The van der Waals surface area contributed by atoms with Gasteiger partial charge in [-0.3, -0.25) is 4.79 Å². The third-order valence-corrected chi connectivity index (χ3v) is 6.16. The summed E-state index contributed by atoms with van der Waals surface area (Å²) in [7, 11) is 0. The largest absolute Gasteiger partial charge is 0.467 e. The molecule has 0 bridgehead atoms. The van der Waals surface area contributed by atoms with Crippen molar-refractivity contribution in [3.8, 4) is 17.3 Å². The maximum atomic E-state index is 12.8. The van der Waals surface area contributed by atoms with Gasteiger partial charge in [-0.2, -0.15) is 5.26 Å². The highest BCUT2D eigenvalue weighted by Crippen LogP contribution is 2.28. The van der Waals surface area contributed by atoms with Gasteiger partial charge in [0.25, 0.3) is 0 Å². The molecule has 1 aromatic carbocycles. The van der Waals surface area contributed by atoms with Crippen LogP contribution in [0.5, 0.6) is 0 Å². The molecule has 4 rings (SSSR count). The zero-order valence-electron chi connectivity index (χ0n) is 17.7. The van der Waals surface area contributed by atoms with Crippen LogP contribution in [0.1, 0.15) is 22.6 Å². The maximum Gasteiger partial charge on any atom is 0.235 e. The van der Waals surface area contributed by atoms with Gasteiger partial charge < -0.3 is 20.1 Å². The highest BCUT2D eigenvalue weighted by Gasteiger charge is 2.21.